The first-order chi connectivity index (χ1) is 15.8. The van der Waals surface area contributed by atoms with E-state index >= 15 is 0 Å². The van der Waals surface area contributed by atoms with Gasteiger partial charge in [-0.3, -0.25) is 4.90 Å². The van der Waals surface area contributed by atoms with Crippen molar-refractivity contribution in [1.29, 1.82) is 5.26 Å². The van der Waals surface area contributed by atoms with Crippen LogP contribution in [0.5, 0.6) is 0 Å². The molecule has 170 valence electrons. The van der Waals surface area contributed by atoms with Gasteiger partial charge in [0, 0.05) is 58.2 Å². The summed E-state index contributed by atoms with van der Waals surface area (Å²) in [6, 6.07) is 19.1. The molecule has 2 N–H and O–H groups in total. The number of allylic oxidation sites excluding steroid dienone is 1. The second-order valence-electron chi connectivity index (χ2n) is 9.09. The molecule has 0 fully saturated rings. The van der Waals surface area contributed by atoms with Gasteiger partial charge in [0.05, 0.1) is 5.92 Å². The lowest BCUT2D eigenvalue weighted by molar-refractivity contribution is 0.251. The molecule has 0 spiro atoms. The summed E-state index contributed by atoms with van der Waals surface area (Å²) < 4.78 is 6.11. The Balaban J connectivity index is 1.79. The van der Waals surface area contributed by atoms with Gasteiger partial charge in [0.2, 0.25) is 5.88 Å². The largest absolute Gasteiger partial charge is 0.440 e. The van der Waals surface area contributed by atoms with Gasteiger partial charge < -0.3 is 20.3 Å². The van der Waals surface area contributed by atoms with E-state index in [0.29, 0.717) is 12.1 Å². The molecule has 0 radical (unpaired) electrons. The highest BCUT2D eigenvalue weighted by molar-refractivity contribution is 5.65. The summed E-state index contributed by atoms with van der Waals surface area (Å²) >= 11 is 0. The fourth-order valence-corrected chi connectivity index (χ4v) is 4.46. The van der Waals surface area contributed by atoms with Crippen LogP contribution >= 0.6 is 0 Å². The van der Waals surface area contributed by atoms with E-state index in [2.05, 4.69) is 82.4 Å². The van der Waals surface area contributed by atoms with E-state index in [1.165, 1.54) is 0 Å². The van der Waals surface area contributed by atoms with E-state index in [0.717, 1.165) is 46.0 Å². The van der Waals surface area contributed by atoms with Crippen LogP contribution in [0.2, 0.25) is 0 Å². The Morgan fingerprint density at radius 1 is 0.970 bits per heavy atom. The summed E-state index contributed by atoms with van der Waals surface area (Å²) in [5.41, 5.74) is 13.3. The number of nitriles is 1. The maximum atomic E-state index is 9.93. The minimum atomic E-state index is -0.225. The topological polar surface area (TPSA) is 68.8 Å². The van der Waals surface area contributed by atoms with E-state index in [4.69, 9.17) is 10.5 Å². The quantitative estimate of drug-likeness (QED) is 0.776. The van der Waals surface area contributed by atoms with Crippen molar-refractivity contribution in [2.75, 3.05) is 58.1 Å². The maximum absolute atomic E-state index is 9.93. The lowest BCUT2D eigenvalue weighted by Crippen LogP contribution is -2.35. The Bertz CT molecular complexity index is 1160. The zero-order valence-corrected chi connectivity index (χ0v) is 20.0. The van der Waals surface area contributed by atoms with Gasteiger partial charge in [-0.1, -0.05) is 24.3 Å². The molecule has 2 aliphatic rings. The second kappa shape index (κ2) is 9.05. The van der Waals surface area contributed by atoms with E-state index in [-0.39, 0.29) is 11.8 Å². The number of likely N-dealkylation sites (N-methyl/N-ethyl adjacent to an activating group) is 1. The molecule has 4 rings (SSSR count). The Hall–Kier alpha value is -3.69. The molecule has 0 bridgehead atoms. The number of anilines is 2. The van der Waals surface area contributed by atoms with Gasteiger partial charge in [0.1, 0.15) is 17.4 Å². The fraction of sp³-hybridized carbons (Fsp3) is 0.296. The normalized spacial score (nSPS) is 19.8. The number of hydrogen-bond donors (Lipinski definition) is 1. The van der Waals surface area contributed by atoms with Crippen molar-refractivity contribution in [3.8, 4) is 6.07 Å². The first-order valence-electron chi connectivity index (χ1n) is 11.0. The smallest absolute Gasteiger partial charge is 0.205 e. The molecule has 2 heterocycles. The van der Waals surface area contributed by atoms with Gasteiger partial charge in [-0.25, -0.2) is 0 Å². The summed E-state index contributed by atoms with van der Waals surface area (Å²) in [6.07, 6.45) is 2.15. The van der Waals surface area contributed by atoms with Crippen molar-refractivity contribution < 1.29 is 4.74 Å². The standard InChI is InChI=1S/C27H31N5O/c1-30(2)21-10-6-18(7-11-21)14-20-16-32(5)17-24-25(23(15-28)27(29)33-26(20)24)19-8-12-22(13-9-19)31(3)4/h6-14,25H,16-17,29H2,1-5H3/b20-14+. The minimum absolute atomic E-state index is 0.191. The summed E-state index contributed by atoms with van der Waals surface area (Å²) in [4.78, 5) is 6.39. The van der Waals surface area contributed by atoms with Crippen molar-refractivity contribution in [3.63, 3.8) is 0 Å². The Kier molecular flexibility index (Phi) is 6.17. The number of nitrogens with two attached hydrogens (primary N) is 1. The fourth-order valence-electron chi connectivity index (χ4n) is 4.46. The predicted molar refractivity (Wildman–Crippen MR) is 135 cm³/mol. The SMILES string of the molecule is CN1CC2=C(OC(N)=C(C#N)C2c2ccc(N(C)C)cc2)/C(=C/c2ccc(N(C)C)cc2)C1. The monoisotopic (exact) mass is 441 g/mol. The first-order valence-corrected chi connectivity index (χ1v) is 11.0. The molecule has 33 heavy (non-hydrogen) atoms. The number of nitrogens with zero attached hydrogens (tertiary/aromatic N) is 4. The Labute approximate surface area is 196 Å². The van der Waals surface area contributed by atoms with Crippen LogP contribution in [0.3, 0.4) is 0 Å². The van der Waals surface area contributed by atoms with Gasteiger partial charge in [0.15, 0.2) is 0 Å². The third-order valence-corrected chi connectivity index (χ3v) is 6.19. The molecule has 0 amide bonds. The molecule has 2 aromatic rings. The number of benzene rings is 2. The van der Waals surface area contributed by atoms with Crippen molar-refractivity contribution in [1.82, 2.24) is 4.90 Å². The van der Waals surface area contributed by atoms with E-state index in [1.807, 2.05) is 28.2 Å². The summed E-state index contributed by atoms with van der Waals surface area (Å²) in [5, 5.41) is 9.93. The molecule has 1 unspecified atom stereocenters. The van der Waals surface area contributed by atoms with Crippen molar-refractivity contribution in [3.05, 3.63) is 88.0 Å². The van der Waals surface area contributed by atoms with Crippen LogP contribution in [0.4, 0.5) is 11.4 Å². The van der Waals surface area contributed by atoms with Gasteiger partial charge in [0.25, 0.3) is 0 Å². The number of rotatable bonds is 4. The highest BCUT2D eigenvalue weighted by Gasteiger charge is 2.37. The molecule has 2 aromatic carbocycles. The zero-order chi connectivity index (χ0) is 23.7. The van der Waals surface area contributed by atoms with Crippen molar-refractivity contribution in [2.45, 2.75) is 5.92 Å². The van der Waals surface area contributed by atoms with Gasteiger partial charge in [-0.2, -0.15) is 5.26 Å². The third-order valence-electron chi connectivity index (χ3n) is 6.19. The third kappa shape index (κ3) is 4.46. The molecule has 0 aromatic heterocycles. The average Bonchev–Trinajstić information content (AvgIpc) is 2.79. The van der Waals surface area contributed by atoms with E-state index in [9.17, 15) is 5.26 Å². The van der Waals surface area contributed by atoms with Crippen LogP contribution in [0.15, 0.2) is 76.9 Å². The van der Waals surface area contributed by atoms with Crippen LogP contribution in [0, 0.1) is 11.3 Å². The molecule has 2 aliphatic heterocycles. The first kappa shape index (κ1) is 22.5. The highest BCUT2D eigenvalue weighted by Crippen LogP contribution is 2.43. The van der Waals surface area contributed by atoms with E-state index in [1.54, 1.807) is 0 Å². The number of ether oxygens (including phenoxy) is 1. The molecule has 0 saturated carbocycles. The molecule has 0 aliphatic carbocycles. The summed E-state index contributed by atoms with van der Waals surface area (Å²) in [6.45, 7) is 1.46. The van der Waals surface area contributed by atoms with Crippen molar-refractivity contribution in [2.24, 2.45) is 5.73 Å². The van der Waals surface area contributed by atoms with Crippen LogP contribution in [-0.4, -0.2) is 53.2 Å². The maximum Gasteiger partial charge on any atom is 0.205 e. The lowest BCUT2D eigenvalue weighted by atomic mass is 9.80. The van der Waals surface area contributed by atoms with Gasteiger partial charge in [-0.05, 0) is 54.1 Å². The molecular formula is C27H31N5O. The second-order valence-corrected chi connectivity index (χ2v) is 9.09. The van der Waals surface area contributed by atoms with Crippen molar-refractivity contribution >= 4 is 17.5 Å². The molecule has 6 nitrogen and oxygen atoms in total. The van der Waals surface area contributed by atoms with Crippen LogP contribution in [0.1, 0.15) is 17.0 Å². The molecule has 1 atom stereocenters. The lowest BCUT2D eigenvalue weighted by Gasteiger charge is -2.37. The Morgan fingerprint density at radius 2 is 1.55 bits per heavy atom. The van der Waals surface area contributed by atoms with E-state index < -0.39 is 0 Å². The average molecular weight is 442 g/mol. The highest BCUT2D eigenvalue weighted by atomic mass is 16.5. The van der Waals surface area contributed by atoms with Crippen LogP contribution in [-0.2, 0) is 4.74 Å². The van der Waals surface area contributed by atoms with Gasteiger partial charge >= 0.3 is 0 Å². The summed E-state index contributed by atoms with van der Waals surface area (Å²) in [5.74, 6) is 0.761. The molecule has 0 saturated heterocycles. The van der Waals surface area contributed by atoms with Gasteiger partial charge in [-0.15, -0.1) is 0 Å². The molecule has 6 heteroatoms. The Morgan fingerprint density at radius 3 is 2.09 bits per heavy atom. The zero-order valence-electron chi connectivity index (χ0n) is 20.0. The van der Waals surface area contributed by atoms with Crippen LogP contribution in [0.25, 0.3) is 6.08 Å². The summed E-state index contributed by atoms with van der Waals surface area (Å²) in [7, 11) is 10.2. The molecular weight excluding hydrogens is 410 g/mol. The van der Waals surface area contributed by atoms with Crippen LogP contribution < -0.4 is 15.5 Å². The predicted octanol–water partition coefficient (Wildman–Crippen LogP) is 3.91. The number of hydrogen-bond acceptors (Lipinski definition) is 6. The minimum Gasteiger partial charge on any atom is -0.440 e.